The number of esters is 1. The first-order valence-electron chi connectivity index (χ1n) is 10.5. The summed E-state index contributed by atoms with van der Waals surface area (Å²) in [7, 11) is 1.55. The van der Waals surface area contributed by atoms with Crippen LogP contribution >= 0.6 is 0 Å². The van der Waals surface area contributed by atoms with Gasteiger partial charge in [-0.3, -0.25) is 9.59 Å². The smallest absolute Gasteiger partial charge is 0.325 e. The predicted molar refractivity (Wildman–Crippen MR) is 122 cm³/mol. The van der Waals surface area contributed by atoms with Crippen LogP contribution < -0.4 is 0 Å². The van der Waals surface area contributed by atoms with Gasteiger partial charge in [0.25, 0.3) is 5.91 Å². The molecule has 1 amide bonds. The fourth-order valence-corrected chi connectivity index (χ4v) is 3.58. The molecule has 2 aromatic carbocycles. The van der Waals surface area contributed by atoms with E-state index in [2.05, 4.69) is 5.10 Å². The van der Waals surface area contributed by atoms with Crippen molar-refractivity contribution in [3.8, 4) is 11.3 Å². The lowest BCUT2D eigenvalue weighted by Gasteiger charge is -2.17. The van der Waals surface area contributed by atoms with E-state index in [1.165, 1.54) is 17.0 Å². The number of rotatable bonds is 7. The number of pyridine rings is 1. The first kappa shape index (κ1) is 22.1. The van der Waals surface area contributed by atoms with Crippen molar-refractivity contribution in [2.24, 2.45) is 0 Å². The predicted octanol–water partition coefficient (Wildman–Crippen LogP) is 3.92. The van der Waals surface area contributed by atoms with Crippen molar-refractivity contribution in [1.82, 2.24) is 19.7 Å². The zero-order chi connectivity index (χ0) is 23.4. The van der Waals surface area contributed by atoms with Crippen molar-refractivity contribution >= 4 is 22.9 Å². The van der Waals surface area contributed by atoms with Gasteiger partial charge in [-0.1, -0.05) is 42.5 Å². The molecule has 0 atom stereocenters. The second-order valence-corrected chi connectivity index (χ2v) is 7.56. The van der Waals surface area contributed by atoms with Crippen molar-refractivity contribution in [3.05, 3.63) is 83.8 Å². The summed E-state index contributed by atoms with van der Waals surface area (Å²) in [6.45, 7) is 2.07. The summed E-state index contributed by atoms with van der Waals surface area (Å²) in [6, 6.07) is 17.4. The Morgan fingerprint density at radius 2 is 1.88 bits per heavy atom. The molecule has 168 valence electrons. The van der Waals surface area contributed by atoms with Gasteiger partial charge in [0.1, 0.15) is 12.4 Å². The number of carbonyl (C=O) groups is 2. The Kier molecular flexibility index (Phi) is 6.44. The largest absolute Gasteiger partial charge is 0.465 e. The molecule has 0 fully saturated rings. The third-order valence-corrected chi connectivity index (χ3v) is 5.15. The van der Waals surface area contributed by atoms with E-state index >= 15 is 0 Å². The maximum atomic E-state index is 13.7. The topological polar surface area (TPSA) is 77.3 Å². The van der Waals surface area contributed by atoms with Gasteiger partial charge >= 0.3 is 5.97 Å². The van der Waals surface area contributed by atoms with Crippen LogP contribution in [0.15, 0.2) is 66.9 Å². The third kappa shape index (κ3) is 4.90. The van der Waals surface area contributed by atoms with Crippen LogP contribution in [0, 0.1) is 5.82 Å². The fourth-order valence-electron chi connectivity index (χ4n) is 3.58. The monoisotopic (exact) mass is 446 g/mol. The second kappa shape index (κ2) is 9.60. The average Bonchev–Trinajstić information content (AvgIpc) is 3.21. The van der Waals surface area contributed by atoms with Gasteiger partial charge < -0.3 is 9.64 Å². The van der Waals surface area contributed by atoms with Gasteiger partial charge in [-0.25, -0.2) is 14.1 Å². The molecule has 0 aliphatic rings. The van der Waals surface area contributed by atoms with Crippen LogP contribution in [0.3, 0.4) is 0 Å². The van der Waals surface area contributed by atoms with Crippen LogP contribution in [-0.2, 0) is 16.1 Å². The number of nitrogens with zero attached hydrogens (tertiary/aromatic N) is 4. The molecular formula is C25H23FN4O3. The quantitative estimate of drug-likeness (QED) is 0.402. The summed E-state index contributed by atoms with van der Waals surface area (Å²) in [5.74, 6) is -1.17. The molecule has 0 saturated heterocycles. The molecule has 0 spiro atoms. The number of carbonyl (C=O) groups excluding carboxylic acids is 2. The molecule has 0 aliphatic heterocycles. The van der Waals surface area contributed by atoms with Crippen LogP contribution in [0.5, 0.6) is 0 Å². The molecular weight excluding hydrogens is 423 g/mol. The first-order valence-corrected chi connectivity index (χ1v) is 10.5. The van der Waals surface area contributed by atoms with Gasteiger partial charge in [-0.05, 0) is 30.7 Å². The van der Waals surface area contributed by atoms with Gasteiger partial charge in [0.05, 0.1) is 36.0 Å². The van der Waals surface area contributed by atoms with Gasteiger partial charge in [0.2, 0.25) is 0 Å². The molecule has 7 nitrogen and oxygen atoms in total. The van der Waals surface area contributed by atoms with Crippen molar-refractivity contribution in [2.45, 2.75) is 13.5 Å². The maximum Gasteiger partial charge on any atom is 0.325 e. The summed E-state index contributed by atoms with van der Waals surface area (Å²) < 4.78 is 20.3. The van der Waals surface area contributed by atoms with E-state index in [-0.39, 0.29) is 24.9 Å². The highest BCUT2D eigenvalue weighted by Crippen LogP contribution is 2.26. The van der Waals surface area contributed by atoms with Crippen LogP contribution in [0.1, 0.15) is 22.8 Å². The van der Waals surface area contributed by atoms with Crippen LogP contribution in [-0.4, -0.2) is 51.7 Å². The Labute approximate surface area is 190 Å². The second-order valence-electron chi connectivity index (χ2n) is 7.56. The van der Waals surface area contributed by atoms with Gasteiger partial charge in [0.15, 0.2) is 5.65 Å². The summed E-state index contributed by atoms with van der Waals surface area (Å²) in [6.07, 6.45) is 1.57. The molecule has 8 heteroatoms. The lowest BCUT2D eigenvalue weighted by Crippen LogP contribution is -2.33. The molecule has 33 heavy (non-hydrogen) atoms. The lowest BCUT2D eigenvalue weighted by molar-refractivity contribution is -0.143. The van der Waals surface area contributed by atoms with E-state index in [4.69, 9.17) is 9.72 Å². The third-order valence-electron chi connectivity index (χ3n) is 5.15. The standard InChI is InChI=1S/C25H23FN4O3/c1-3-33-23(31)16-29(2)25(32)20-13-22(18-9-5-4-6-10-18)28-24-21(20)14-27-30(24)15-17-8-7-11-19(26)12-17/h4-14H,3,15-16H2,1-2H3. The molecule has 2 heterocycles. The summed E-state index contributed by atoms with van der Waals surface area (Å²) >= 11 is 0. The molecule has 0 saturated carbocycles. The Morgan fingerprint density at radius 1 is 1.09 bits per heavy atom. The number of likely N-dealkylation sites (N-methyl/N-ethyl adjacent to an activating group) is 1. The van der Waals surface area contributed by atoms with Crippen LogP contribution in [0.4, 0.5) is 4.39 Å². The first-order chi connectivity index (χ1) is 16.0. The number of hydrogen-bond acceptors (Lipinski definition) is 5. The Balaban J connectivity index is 1.79. The number of halogens is 1. The van der Waals surface area contributed by atoms with Crippen molar-refractivity contribution < 1.29 is 18.7 Å². The zero-order valence-corrected chi connectivity index (χ0v) is 18.4. The minimum atomic E-state index is -0.483. The van der Waals surface area contributed by atoms with E-state index < -0.39 is 5.97 Å². The highest BCUT2D eigenvalue weighted by Gasteiger charge is 2.22. The number of fused-ring (bicyclic) bond motifs is 1. The Morgan fingerprint density at radius 3 is 2.61 bits per heavy atom. The summed E-state index contributed by atoms with van der Waals surface area (Å²) in [5.41, 5.74) is 3.01. The Bertz CT molecular complexity index is 1300. The van der Waals surface area contributed by atoms with Crippen LogP contribution in [0.25, 0.3) is 22.3 Å². The molecule has 0 radical (unpaired) electrons. The number of aromatic nitrogens is 3. The minimum Gasteiger partial charge on any atom is -0.465 e. The normalized spacial score (nSPS) is 10.9. The number of benzene rings is 2. The Hall–Kier alpha value is -4.07. The molecule has 0 unspecified atom stereocenters. The van der Waals surface area contributed by atoms with Gasteiger partial charge in [0, 0.05) is 12.6 Å². The SMILES string of the molecule is CCOC(=O)CN(C)C(=O)c1cc(-c2ccccc2)nc2c1cnn2Cc1cccc(F)c1. The van der Waals surface area contributed by atoms with E-state index in [1.54, 1.807) is 43.0 Å². The molecule has 2 aromatic heterocycles. The van der Waals surface area contributed by atoms with Crippen molar-refractivity contribution in [2.75, 3.05) is 20.2 Å². The highest BCUT2D eigenvalue weighted by molar-refractivity contribution is 6.07. The maximum absolute atomic E-state index is 13.7. The number of ether oxygens (including phenoxy) is 1. The number of amides is 1. The van der Waals surface area contributed by atoms with Crippen molar-refractivity contribution in [3.63, 3.8) is 0 Å². The van der Waals surface area contributed by atoms with Gasteiger partial charge in [-0.2, -0.15) is 5.10 Å². The lowest BCUT2D eigenvalue weighted by atomic mass is 10.1. The molecule has 0 N–H and O–H groups in total. The van der Waals surface area contributed by atoms with Crippen LogP contribution in [0.2, 0.25) is 0 Å². The number of hydrogen-bond donors (Lipinski definition) is 0. The van der Waals surface area contributed by atoms with E-state index in [0.717, 1.165) is 11.1 Å². The van der Waals surface area contributed by atoms with E-state index in [0.29, 0.717) is 28.8 Å². The zero-order valence-electron chi connectivity index (χ0n) is 18.4. The highest BCUT2D eigenvalue weighted by atomic mass is 19.1. The van der Waals surface area contributed by atoms with Crippen molar-refractivity contribution in [1.29, 1.82) is 0 Å². The van der Waals surface area contributed by atoms with E-state index in [1.807, 2.05) is 30.3 Å². The van der Waals surface area contributed by atoms with E-state index in [9.17, 15) is 14.0 Å². The molecule has 0 aliphatic carbocycles. The summed E-state index contributed by atoms with van der Waals surface area (Å²) in [4.78, 5) is 31.3. The average molecular weight is 446 g/mol. The summed E-state index contributed by atoms with van der Waals surface area (Å²) in [5, 5.41) is 4.97. The molecule has 4 rings (SSSR count). The fraction of sp³-hybridized carbons (Fsp3) is 0.200. The molecule has 4 aromatic rings. The minimum absolute atomic E-state index is 0.172. The van der Waals surface area contributed by atoms with Gasteiger partial charge in [-0.15, -0.1) is 0 Å². The molecule has 0 bridgehead atoms.